The summed E-state index contributed by atoms with van der Waals surface area (Å²) < 4.78 is 4.59. The molecule has 0 saturated carbocycles. The fourth-order valence-corrected chi connectivity index (χ4v) is 0.853. The van der Waals surface area contributed by atoms with Crippen LogP contribution in [0.2, 0.25) is 0 Å². The molecule has 1 atom stereocenters. The number of hydrogen-bond acceptors (Lipinski definition) is 6. The van der Waals surface area contributed by atoms with Crippen LogP contribution in [0.3, 0.4) is 0 Å². The third kappa shape index (κ3) is 9.17. The Morgan fingerprint density at radius 2 is 1.87 bits per heavy atom. The van der Waals surface area contributed by atoms with Gasteiger partial charge >= 0.3 is 5.97 Å². The summed E-state index contributed by atoms with van der Waals surface area (Å²) in [7, 11) is 0. The van der Waals surface area contributed by atoms with E-state index in [9.17, 15) is 14.7 Å². The molecule has 0 aromatic rings. The van der Waals surface area contributed by atoms with Gasteiger partial charge in [0, 0.05) is 12.4 Å². The monoisotopic (exact) mass is 219 g/mol. The number of rotatable bonds is 8. The van der Waals surface area contributed by atoms with Crippen LogP contribution in [0.5, 0.6) is 0 Å². The molecule has 0 rings (SSSR count). The fourth-order valence-electron chi connectivity index (χ4n) is 0.853. The van der Waals surface area contributed by atoms with E-state index in [1.165, 1.54) is 0 Å². The third-order valence-corrected chi connectivity index (χ3v) is 1.66. The molecule has 2 N–H and O–H groups in total. The summed E-state index contributed by atoms with van der Waals surface area (Å²) in [5.74, 6) is -1.65. The van der Waals surface area contributed by atoms with Crippen LogP contribution >= 0.6 is 0 Å². The van der Waals surface area contributed by atoms with Gasteiger partial charge in [-0.15, -0.1) is 0 Å². The predicted octanol–water partition coefficient (Wildman–Crippen LogP) is -1.81. The molecule has 0 radical (unpaired) electrons. The zero-order chi connectivity index (χ0) is 11.7. The number of ether oxygens (including phenoxy) is 1. The molecular formula is C9H15O6-. The molecule has 0 fully saturated rings. The van der Waals surface area contributed by atoms with Gasteiger partial charge in [0.05, 0.1) is 6.61 Å². The van der Waals surface area contributed by atoms with Crippen molar-refractivity contribution in [2.45, 2.75) is 31.8 Å². The van der Waals surface area contributed by atoms with E-state index in [2.05, 4.69) is 4.74 Å². The zero-order valence-corrected chi connectivity index (χ0v) is 8.35. The van der Waals surface area contributed by atoms with Crippen LogP contribution in [0, 0.1) is 0 Å². The molecule has 0 aliphatic heterocycles. The highest BCUT2D eigenvalue weighted by Crippen LogP contribution is 2.01. The van der Waals surface area contributed by atoms with E-state index >= 15 is 0 Å². The zero-order valence-electron chi connectivity index (χ0n) is 8.35. The first-order valence-electron chi connectivity index (χ1n) is 4.70. The van der Waals surface area contributed by atoms with Crippen LogP contribution in [-0.2, 0) is 14.3 Å². The highest BCUT2D eigenvalue weighted by Gasteiger charge is 2.07. The van der Waals surface area contributed by atoms with Gasteiger partial charge in [0.1, 0.15) is 12.7 Å². The Bertz CT molecular complexity index is 203. The molecule has 0 aromatic heterocycles. The molecule has 0 aromatic carbocycles. The quantitative estimate of drug-likeness (QED) is 0.368. The van der Waals surface area contributed by atoms with Crippen molar-refractivity contribution in [3.8, 4) is 0 Å². The highest BCUT2D eigenvalue weighted by atomic mass is 16.5. The van der Waals surface area contributed by atoms with E-state index in [-0.39, 0.29) is 19.4 Å². The van der Waals surface area contributed by atoms with E-state index in [4.69, 9.17) is 10.2 Å². The van der Waals surface area contributed by atoms with E-state index in [1.54, 1.807) is 0 Å². The van der Waals surface area contributed by atoms with Gasteiger partial charge < -0.3 is 24.9 Å². The van der Waals surface area contributed by atoms with Crippen molar-refractivity contribution in [3.05, 3.63) is 0 Å². The number of aliphatic carboxylic acids is 1. The molecule has 6 heteroatoms. The fraction of sp³-hybridized carbons (Fsp3) is 0.778. The van der Waals surface area contributed by atoms with Gasteiger partial charge in [0.25, 0.3) is 0 Å². The Morgan fingerprint density at radius 1 is 1.27 bits per heavy atom. The first kappa shape index (κ1) is 13.9. The van der Waals surface area contributed by atoms with E-state index in [0.29, 0.717) is 12.8 Å². The molecule has 0 aliphatic carbocycles. The Morgan fingerprint density at radius 3 is 2.40 bits per heavy atom. The van der Waals surface area contributed by atoms with Crippen molar-refractivity contribution in [1.82, 2.24) is 0 Å². The van der Waals surface area contributed by atoms with Gasteiger partial charge in [-0.3, -0.25) is 4.79 Å². The summed E-state index contributed by atoms with van der Waals surface area (Å²) in [5, 5.41) is 27.3. The first-order chi connectivity index (χ1) is 7.06. The average molecular weight is 219 g/mol. The Balaban J connectivity index is 3.37. The summed E-state index contributed by atoms with van der Waals surface area (Å²) >= 11 is 0. The topological polar surface area (TPSA) is 107 Å². The van der Waals surface area contributed by atoms with E-state index in [0.717, 1.165) is 0 Å². The standard InChI is InChI=1S/C9H16O6/c10-5-7(11)6-15-9(14)4-2-1-3-8(12)13/h7,10-11H,1-6H2,(H,12,13)/p-1. The molecule has 0 amide bonds. The number of carbonyl (C=O) groups excluding carboxylic acids is 2. The number of aliphatic hydroxyl groups excluding tert-OH is 2. The minimum Gasteiger partial charge on any atom is -0.550 e. The minimum atomic E-state index is -1.14. The Hall–Kier alpha value is -1.14. The van der Waals surface area contributed by atoms with Crippen molar-refractivity contribution >= 4 is 11.9 Å². The van der Waals surface area contributed by atoms with Crippen LogP contribution in [0.15, 0.2) is 0 Å². The number of carboxylic acid groups (broad SMARTS) is 1. The Labute approximate surface area is 87.5 Å². The SMILES string of the molecule is O=C([O-])CCCCC(=O)OCC(O)CO. The summed E-state index contributed by atoms with van der Waals surface area (Å²) in [5.41, 5.74) is 0. The maximum absolute atomic E-state index is 10.9. The number of aliphatic hydroxyl groups is 2. The lowest BCUT2D eigenvalue weighted by atomic mass is 10.2. The number of carbonyl (C=O) groups is 2. The van der Waals surface area contributed by atoms with Gasteiger partial charge in [-0.1, -0.05) is 0 Å². The van der Waals surface area contributed by atoms with Crippen molar-refractivity contribution in [1.29, 1.82) is 0 Å². The molecule has 6 nitrogen and oxygen atoms in total. The van der Waals surface area contributed by atoms with E-state index in [1.807, 2.05) is 0 Å². The van der Waals surface area contributed by atoms with Crippen molar-refractivity contribution in [3.63, 3.8) is 0 Å². The first-order valence-corrected chi connectivity index (χ1v) is 4.70. The molecule has 1 unspecified atom stereocenters. The third-order valence-electron chi connectivity index (χ3n) is 1.66. The predicted molar refractivity (Wildman–Crippen MR) is 47.5 cm³/mol. The molecule has 15 heavy (non-hydrogen) atoms. The van der Waals surface area contributed by atoms with Gasteiger partial charge in [-0.25, -0.2) is 0 Å². The molecule has 0 bridgehead atoms. The lowest BCUT2D eigenvalue weighted by Gasteiger charge is -2.08. The molecule has 0 spiro atoms. The molecule has 0 aliphatic rings. The van der Waals surface area contributed by atoms with E-state index < -0.39 is 24.6 Å². The lowest BCUT2D eigenvalue weighted by Crippen LogP contribution is -2.22. The summed E-state index contributed by atoms with van der Waals surface area (Å²) in [6.45, 7) is -0.701. The smallest absolute Gasteiger partial charge is 0.305 e. The normalized spacial score (nSPS) is 12.1. The number of carboxylic acids is 1. The highest BCUT2D eigenvalue weighted by molar-refractivity contribution is 5.69. The van der Waals surface area contributed by atoms with Crippen LogP contribution < -0.4 is 5.11 Å². The molecule has 0 saturated heterocycles. The van der Waals surface area contributed by atoms with Crippen molar-refractivity contribution in [2.75, 3.05) is 13.2 Å². The van der Waals surface area contributed by atoms with Gasteiger partial charge in [0.15, 0.2) is 0 Å². The van der Waals surface area contributed by atoms with Crippen LogP contribution in [0.4, 0.5) is 0 Å². The van der Waals surface area contributed by atoms with Crippen molar-refractivity contribution < 1.29 is 29.6 Å². The second kappa shape index (κ2) is 8.19. The van der Waals surface area contributed by atoms with Gasteiger partial charge in [-0.05, 0) is 19.3 Å². The minimum absolute atomic E-state index is 0.0768. The second-order valence-electron chi connectivity index (χ2n) is 3.10. The summed E-state index contributed by atoms with van der Waals surface area (Å²) in [6, 6.07) is 0. The van der Waals surface area contributed by atoms with Crippen molar-refractivity contribution in [2.24, 2.45) is 0 Å². The number of hydrogen-bond donors (Lipinski definition) is 2. The molecule has 88 valence electrons. The van der Waals surface area contributed by atoms with Gasteiger partial charge in [0.2, 0.25) is 0 Å². The Kier molecular flexibility index (Phi) is 7.57. The van der Waals surface area contributed by atoms with Gasteiger partial charge in [-0.2, -0.15) is 0 Å². The maximum atomic E-state index is 10.9. The van der Waals surface area contributed by atoms with Crippen LogP contribution in [0.25, 0.3) is 0 Å². The maximum Gasteiger partial charge on any atom is 0.305 e. The van der Waals surface area contributed by atoms with Crippen LogP contribution in [0.1, 0.15) is 25.7 Å². The summed E-state index contributed by atoms with van der Waals surface area (Å²) in [6.07, 6.45) is -0.267. The second-order valence-corrected chi connectivity index (χ2v) is 3.10. The number of esters is 1. The molecule has 0 heterocycles. The lowest BCUT2D eigenvalue weighted by molar-refractivity contribution is -0.305. The summed E-state index contributed by atoms with van der Waals surface area (Å²) in [4.78, 5) is 20.9. The number of unbranched alkanes of at least 4 members (excludes halogenated alkanes) is 1. The van der Waals surface area contributed by atoms with Crippen LogP contribution in [-0.4, -0.2) is 41.5 Å². The largest absolute Gasteiger partial charge is 0.550 e. The molecular weight excluding hydrogens is 204 g/mol. The average Bonchev–Trinajstić information content (AvgIpc) is 2.20.